The number of benzene rings is 2. The topological polar surface area (TPSA) is 29.1 Å². The maximum atomic E-state index is 12.1. The second kappa shape index (κ2) is 6.55. The Balaban J connectivity index is 2.13. The van der Waals surface area contributed by atoms with Gasteiger partial charge in [0.05, 0.1) is 5.69 Å². The van der Waals surface area contributed by atoms with Gasteiger partial charge < -0.3 is 5.32 Å². The molecule has 1 unspecified atom stereocenters. The van der Waals surface area contributed by atoms with Crippen molar-refractivity contribution >= 4 is 55.1 Å². The fourth-order valence-electron chi connectivity index (χ4n) is 1.56. The van der Waals surface area contributed by atoms with Gasteiger partial charge in [0.15, 0.2) is 0 Å². The summed E-state index contributed by atoms with van der Waals surface area (Å²) < 4.78 is 1.73. The van der Waals surface area contributed by atoms with E-state index in [1.165, 1.54) is 0 Å². The highest BCUT2D eigenvalue weighted by molar-refractivity contribution is 9.11. The van der Waals surface area contributed by atoms with Gasteiger partial charge >= 0.3 is 0 Å². The van der Waals surface area contributed by atoms with Crippen molar-refractivity contribution in [1.29, 1.82) is 0 Å². The van der Waals surface area contributed by atoms with Crippen molar-refractivity contribution in [2.75, 3.05) is 5.32 Å². The van der Waals surface area contributed by atoms with E-state index in [4.69, 9.17) is 11.6 Å². The lowest BCUT2D eigenvalue weighted by molar-refractivity contribution is -0.116. The number of carbonyl (C=O) groups excluding carboxylic acids is 1. The van der Waals surface area contributed by atoms with Gasteiger partial charge in [-0.2, -0.15) is 0 Å². The molecule has 2 aromatic rings. The summed E-state index contributed by atoms with van der Waals surface area (Å²) in [6.45, 7) is 0. The minimum Gasteiger partial charge on any atom is -0.323 e. The largest absolute Gasteiger partial charge is 0.323 e. The molecule has 0 spiro atoms. The molecule has 0 fully saturated rings. The Hall–Kier alpha value is -0.840. The van der Waals surface area contributed by atoms with Gasteiger partial charge in [-0.15, -0.1) is 11.6 Å². The van der Waals surface area contributed by atoms with Crippen molar-refractivity contribution in [2.24, 2.45) is 0 Å². The molecule has 0 saturated carbocycles. The third kappa shape index (κ3) is 3.81. The van der Waals surface area contributed by atoms with Gasteiger partial charge in [0.2, 0.25) is 5.91 Å². The summed E-state index contributed by atoms with van der Waals surface area (Å²) in [5.41, 5.74) is 1.46. The first-order valence-electron chi connectivity index (χ1n) is 5.53. The third-order valence-electron chi connectivity index (χ3n) is 2.51. The highest BCUT2D eigenvalue weighted by atomic mass is 79.9. The monoisotopic (exact) mass is 401 g/mol. The van der Waals surface area contributed by atoms with Crippen molar-refractivity contribution < 1.29 is 4.79 Å². The van der Waals surface area contributed by atoms with Crippen LogP contribution in [-0.4, -0.2) is 5.91 Å². The lowest BCUT2D eigenvalue weighted by atomic mass is 10.1. The van der Waals surface area contributed by atoms with E-state index in [0.717, 1.165) is 14.5 Å². The first kappa shape index (κ1) is 14.6. The molecule has 0 aliphatic rings. The van der Waals surface area contributed by atoms with Gasteiger partial charge in [0, 0.05) is 8.95 Å². The summed E-state index contributed by atoms with van der Waals surface area (Å²) in [5, 5.41) is 2.09. The normalized spacial score (nSPS) is 11.9. The van der Waals surface area contributed by atoms with E-state index in [2.05, 4.69) is 37.2 Å². The van der Waals surface area contributed by atoms with E-state index in [1.54, 1.807) is 6.07 Å². The van der Waals surface area contributed by atoms with Crippen molar-refractivity contribution in [3.05, 3.63) is 63.0 Å². The Morgan fingerprint density at radius 2 is 1.79 bits per heavy atom. The van der Waals surface area contributed by atoms with Crippen molar-refractivity contribution in [3.63, 3.8) is 0 Å². The van der Waals surface area contributed by atoms with E-state index >= 15 is 0 Å². The predicted molar refractivity (Wildman–Crippen MR) is 85.5 cm³/mol. The lowest BCUT2D eigenvalue weighted by Crippen LogP contribution is -2.17. The van der Waals surface area contributed by atoms with E-state index in [-0.39, 0.29) is 5.91 Å². The Kier molecular flexibility index (Phi) is 5.02. The molecular formula is C14H10Br2ClNO. The Bertz CT molecular complexity index is 589. The number of amides is 1. The maximum absolute atomic E-state index is 12.1. The van der Waals surface area contributed by atoms with Crippen LogP contribution in [0.1, 0.15) is 10.9 Å². The summed E-state index contributed by atoms with van der Waals surface area (Å²) in [7, 11) is 0. The van der Waals surface area contributed by atoms with Gasteiger partial charge in [-0.3, -0.25) is 4.79 Å². The summed E-state index contributed by atoms with van der Waals surface area (Å²) in [5.74, 6) is -0.254. The van der Waals surface area contributed by atoms with E-state index < -0.39 is 5.38 Å². The number of anilines is 1. The molecule has 98 valence electrons. The number of carbonyl (C=O) groups is 1. The summed E-state index contributed by atoms with van der Waals surface area (Å²) >= 11 is 12.9. The number of halogens is 3. The number of nitrogens with one attached hydrogen (secondary N) is 1. The van der Waals surface area contributed by atoms with E-state index in [9.17, 15) is 4.79 Å². The quantitative estimate of drug-likeness (QED) is 0.708. The summed E-state index contributed by atoms with van der Waals surface area (Å²) in [6.07, 6.45) is 0. The van der Waals surface area contributed by atoms with Gasteiger partial charge in [0.25, 0.3) is 0 Å². The molecule has 19 heavy (non-hydrogen) atoms. The van der Waals surface area contributed by atoms with Crippen LogP contribution in [0.5, 0.6) is 0 Å². The molecule has 0 saturated heterocycles. The fraction of sp³-hybridized carbons (Fsp3) is 0.0714. The minimum absolute atomic E-state index is 0.254. The van der Waals surface area contributed by atoms with Crippen LogP contribution in [0.3, 0.4) is 0 Å². The van der Waals surface area contributed by atoms with E-state index in [1.807, 2.05) is 42.5 Å². The van der Waals surface area contributed by atoms with E-state index in [0.29, 0.717) is 5.69 Å². The molecular weight excluding hydrogens is 393 g/mol. The smallest absolute Gasteiger partial charge is 0.247 e. The SMILES string of the molecule is O=C(Nc1ccc(Br)cc1Br)C(Cl)c1ccccc1. The highest BCUT2D eigenvalue weighted by Crippen LogP contribution is 2.28. The Morgan fingerprint density at radius 3 is 2.42 bits per heavy atom. The van der Waals surface area contributed by atoms with Crippen LogP contribution in [0.2, 0.25) is 0 Å². The standard InChI is InChI=1S/C14H10Br2ClNO/c15-10-6-7-12(11(16)8-10)18-14(19)13(17)9-4-2-1-3-5-9/h1-8,13H,(H,18,19). The molecule has 0 aliphatic heterocycles. The summed E-state index contributed by atoms with van der Waals surface area (Å²) in [4.78, 5) is 12.1. The second-order valence-corrected chi connectivity index (χ2v) is 6.09. The number of hydrogen-bond donors (Lipinski definition) is 1. The molecule has 5 heteroatoms. The van der Waals surface area contributed by atoms with Gasteiger partial charge in [-0.25, -0.2) is 0 Å². The highest BCUT2D eigenvalue weighted by Gasteiger charge is 2.18. The third-order valence-corrected chi connectivity index (χ3v) is 4.11. The van der Waals surface area contributed by atoms with Crippen LogP contribution < -0.4 is 5.32 Å². The molecule has 1 N–H and O–H groups in total. The van der Waals surface area contributed by atoms with Crippen LogP contribution >= 0.6 is 43.5 Å². The molecule has 1 atom stereocenters. The van der Waals surface area contributed by atoms with Gasteiger partial charge in [-0.1, -0.05) is 46.3 Å². The number of rotatable bonds is 3. The predicted octanol–water partition coefficient (Wildman–Crippen LogP) is 5.13. The second-order valence-electron chi connectivity index (χ2n) is 3.89. The molecule has 0 heterocycles. The molecule has 0 radical (unpaired) electrons. The fourth-order valence-corrected chi connectivity index (χ4v) is 2.91. The van der Waals surface area contributed by atoms with Crippen LogP contribution in [0.25, 0.3) is 0 Å². The summed E-state index contributed by atoms with van der Waals surface area (Å²) in [6, 6.07) is 14.8. The Morgan fingerprint density at radius 1 is 1.11 bits per heavy atom. The van der Waals surface area contributed by atoms with Gasteiger partial charge in [0.1, 0.15) is 5.38 Å². The van der Waals surface area contributed by atoms with Crippen molar-refractivity contribution in [2.45, 2.75) is 5.38 Å². The molecule has 1 amide bonds. The average Bonchev–Trinajstić information content (AvgIpc) is 2.42. The molecule has 2 rings (SSSR count). The number of hydrogen-bond acceptors (Lipinski definition) is 1. The average molecular weight is 404 g/mol. The molecule has 2 nitrogen and oxygen atoms in total. The molecule has 0 bridgehead atoms. The zero-order chi connectivity index (χ0) is 13.8. The molecule has 2 aromatic carbocycles. The minimum atomic E-state index is -0.711. The van der Waals surface area contributed by atoms with Crippen LogP contribution in [0.4, 0.5) is 5.69 Å². The van der Waals surface area contributed by atoms with Gasteiger partial charge in [-0.05, 0) is 39.7 Å². The van der Waals surface area contributed by atoms with Crippen LogP contribution in [0.15, 0.2) is 57.5 Å². The Labute approximate surface area is 133 Å². The van der Waals surface area contributed by atoms with Crippen molar-refractivity contribution in [1.82, 2.24) is 0 Å². The first-order chi connectivity index (χ1) is 9.08. The first-order valence-corrected chi connectivity index (χ1v) is 7.55. The molecule has 0 aromatic heterocycles. The zero-order valence-electron chi connectivity index (χ0n) is 9.74. The zero-order valence-corrected chi connectivity index (χ0v) is 13.7. The van der Waals surface area contributed by atoms with Crippen LogP contribution in [0, 0.1) is 0 Å². The molecule has 0 aliphatic carbocycles. The van der Waals surface area contributed by atoms with Crippen LogP contribution in [-0.2, 0) is 4.79 Å². The lowest BCUT2D eigenvalue weighted by Gasteiger charge is -2.12. The number of alkyl halides is 1. The maximum Gasteiger partial charge on any atom is 0.247 e. The van der Waals surface area contributed by atoms with Crippen molar-refractivity contribution in [3.8, 4) is 0 Å².